The van der Waals surface area contributed by atoms with Crippen LogP contribution in [-0.2, 0) is 4.74 Å². The summed E-state index contributed by atoms with van der Waals surface area (Å²) >= 11 is 5.29. The van der Waals surface area contributed by atoms with E-state index in [2.05, 4.69) is 21.2 Å². The van der Waals surface area contributed by atoms with Crippen LogP contribution in [0.25, 0.3) is 0 Å². The van der Waals surface area contributed by atoms with Gasteiger partial charge in [0.25, 0.3) is 5.91 Å². The zero-order valence-corrected chi connectivity index (χ0v) is 14.2. The van der Waals surface area contributed by atoms with Crippen molar-refractivity contribution in [3.05, 3.63) is 34.3 Å². The molecule has 0 unspecified atom stereocenters. The Hall–Kier alpha value is -0.560. The molecule has 0 spiro atoms. The van der Waals surface area contributed by atoms with Crippen molar-refractivity contribution in [1.82, 2.24) is 5.32 Å². The second-order valence-corrected chi connectivity index (χ2v) is 7.11. The predicted octanol–water partition coefficient (Wildman–Crippen LogP) is 2.45. The van der Waals surface area contributed by atoms with Crippen molar-refractivity contribution in [1.29, 1.82) is 0 Å². The van der Waals surface area contributed by atoms with Gasteiger partial charge >= 0.3 is 0 Å². The molecule has 0 radical (unpaired) electrons. The van der Waals surface area contributed by atoms with Crippen LogP contribution >= 0.6 is 27.7 Å². The Labute approximate surface area is 137 Å². The molecule has 1 heterocycles. The van der Waals surface area contributed by atoms with Crippen molar-refractivity contribution in [3.63, 3.8) is 0 Å². The number of carbonyl (C=O) groups is 1. The number of halogens is 1. The highest BCUT2D eigenvalue weighted by Crippen LogP contribution is 2.30. The van der Waals surface area contributed by atoms with E-state index in [1.165, 1.54) is 0 Å². The fraction of sp³-hybridized carbons (Fsp3) is 0.533. The molecule has 0 aromatic heterocycles. The zero-order valence-electron chi connectivity index (χ0n) is 11.8. The normalized spacial score (nSPS) is 17.4. The van der Waals surface area contributed by atoms with E-state index in [1.807, 2.05) is 30.0 Å². The second-order valence-electron chi connectivity index (χ2n) is 5.03. The number of benzene rings is 1. The number of rotatable bonds is 6. The molecule has 2 rings (SSSR count). The number of thioether (sulfide) groups is 1. The molecule has 1 aliphatic heterocycles. The quantitative estimate of drug-likeness (QED) is 0.803. The third-order valence-electron chi connectivity index (χ3n) is 3.59. The van der Waals surface area contributed by atoms with Crippen molar-refractivity contribution < 1.29 is 14.6 Å². The smallest absolute Gasteiger partial charge is 0.252 e. The van der Waals surface area contributed by atoms with Gasteiger partial charge in [-0.3, -0.25) is 4.79 Å². The van der Waals surface area contributed by atoms with Gasteiger partial charge in [0.05, 0.1) is 24.4 Å². The number of aliphatic hydroxyl groups is 1. The van der Waals surface area contributed by atoms with Crippen LogP contribution in [-0.4, -0.2) is 47.9 Å². The predicted molar refractivity (Wildman–Crippen MR) is 88.8 cm³/mol. The van der Waals surface area contributed by atoms with Crippen LogP contribution < -0.4 is 5.32 Å². The molecule has 1 amide bonds. The molecule has 116 valence electrons. The molecule has 1 aromatic rings. The van der Waals surface area contributed by atoms with E-state index in [0.29, 0.717) is 18.7 Å². The molecule has 2 N–H and O–H groups in total. The van der Waals surface area contributed by atoms with Crippen molar-refractivity contribution in [2.24, 2.45) is 0 Å². The number of hydrogen-bond acceptors (Lipinski definition) is 4. The Kier molecular flexibility index (Phi) is 6.54. The summed E-state index contributed by atoms with van der Waals surface area (Å²) in [6.07, 6.45) is 1.79. The lowest BCUT2D eigenvalue weighted by Gasteiger charge is -2.37. The van der Waals surface area contributed by atoms with Crippen molar-refractivity contribution in [2.75, 3.05) is 31.3 Å². The highest BCUT2D eigenvalue weighted by Gasteiger charge is 2.33. The maximum absolute atomic E-state index is 12.3. The lowest BCUT2D eigenvalue weighted by atomic mass is 9.96. The summed E-state index contributed by atoms with van der Waals surface area (Å²) in [6, 6.07) is 7.36. The monoisotopic (exact) mass is 373 g/mol. The number of hydrogen-bond donors (Lipinski definition) is 2. The van der Waals surface area contributed by atoms with Gasteiger partial charge in [-0.15, -0.1) is 0 Å². The molecule has 6 heteroatoms. The van der Waals surface area contributed by atoms with Crippen molar-refractivity contribution >= 4 is 33.6 Å². The Morgan fingerprint density at radius 3 is 2.76 bits per heavy atom. The van der Waals surface area contributed by atoms with Gasteiger partial charge in [-0.25, -0.2) is 0 Å². The van der Waals surface area contributed by atoms with E-state index in [1.54, 1.807) is 6.07 Å². The molecule has 0 bridgehead atoms. The average molecular weight is 374 g/mol. The number of carbonyl (C=O) groups excluding carboxylic acids is 1. The highest BCUT2D eigenvalue weighted by molar-refractivity contribution is 9.10. The molecular weight excluding hydrogens is 354 g/mol. The third kappa shape index (κ3) is 4.71. The first kappa shape index (κ1) is 16.8. The molecule has 1 saturated heterocycles. The van der Waals surface area contributed by atoms with Gasteiger partial charge in [-0.05, 0) is 52.4 Å². The second kappa shape index (κ2) is 8.17. The minimum atomic E-state index is -0.342. The van der Waals surface area contributed by atoms with E-state index < -0.39 is 0 Å². The molecule has 0 aliphatic carbocycles. The van der Waals surface area contributed by atoms with E-state index in [0.717, 1.165) is 28.8 Å². The molecule has 4 nitrogen and oxygen atoms in total. The van der Waals surface area contributed by atoms with Crippen LogP contribution in [0.1, 0.15) is 23.2 Å². The SMILES string of the molecule is O=C(NCC1(OCCO)CCSCC1)c1ccccc1Br. The maximum Gasteiger partial charge on any atom is 0.252 e. The van der Waals surface area contributed by atoms with Crippen LogP contribution in [0.5, 0.6) is 0 Å². The minimum Gasteiger partial charge on any atom is -0.394 e. The summed E-state index contributed by atoms with van der Waals surface area (Å²) in [7, 11) is 0. The van der Waals surface area contributed by atoms with Crippen molar-refractivity contribution in [3.8, 4) is 0 Å². The van der Waals surface area contributed by atoms with E-state index in [4.69, 9.17) is 9.84 Å². The first-order chi connectivity index (χ1) is 10.2. The summed E-state index contributed by atoms with van der Waals surface area (Å²) in [5.41, 5.74) is 0.283. The summed E-state index contributed by atoms with van der Waals surface area (Å²) in [5, 5.41) is 12.0. The summed E-state index contributed by atoms with van der Waals surface area (Å²) in [4.78, 5) is 12.3. The fourth-order valence-corrected chi connectivity index (χ4v) is 4.06. The first-order valence-electron chi connectivity index (χ1n) is 7.02. The molecule has 21 heavy (non-hydrogen) atoms. The molecule has 1 fully saturated rings. The van der Waals surface area contributed by atoms with Crippen molar-refractivity contribution in [2.45, 2.75) is 18.4 Å². The Bertz CT molecular complexity index is 478. The van der Waals surface area contributed by atoms with Crippen LogP contribution in [0.15, 0.2) is 28.7 Å². The number of aliphatic hydroxyl groups excluding tert-OH is 1. The van der Waals surface area contributed by atoms with E-state index in [-0.39, 0.29) is 18.1 Å². The summed E-state index contributed by atoms with van der Waals surface area (Å²) in [5.74, 6) is 1.94. The highest BCUT2D eigenvalue weighted by atomic mass is 79.9. The Morgan fingerprint density at radius 1 is 1.38 bits per heavy atom. The van der Waals surface area contributed by atoms with Gasteiger partial charge in [0.15, 0.2) is 0 Å². The number of amides is 1. The van der Waals surface area contributed by atoms with E-state index >= 15 is 0 Å². The Balaban J connectivity index is 1.98. The van der Waals surface area contributed by atoms with Crippen LogP contribution in [0, 0.1) is 0 Å². The molecule has 0 saturated carbocycles. The van der Waals surface area contributed by atoms with Crippen LogP contribution in [0.4, 0.5) is 0 Å². The summed E-state index contributed by atoms with van der Waals surface area (Å²) < 4.78 is 6.63. The lowest BCUT2D eigenvalue weighted by Crippen LogP contribution is -2.48. The van der Waals surface area contributed by atoms with Gasteiger partial charge in [-0.1, -0.05) is 12.1 Å². The third-order valence-corrected chi connectivity index (χ3v) is 5.27. The molecule has 1 aliphatic rings. The van der Waals surface area contributed by atoms with Gasteiger partial charge in [-0.2, -0.15) is 11.8 Å². The van der Waals surface area contributed by atoms with Crippen LogP contribution in [0.3, 0.4) is 0 Å². The fourth-order valence-electron chi connectivity index (χ4n) is 2.36. The largest absolute Gasteiger partial charge is 0.394 e. The lowest BCUT2D eigenvalue weighted by molar-refractivity contribution is -0.0608. The standard InChI is InChI=1S/C15H20BrNO3S/c16-13-4-2-1-3-12(13)14(19)17-11-15(20-8-7-18)5-9-21-10-6-15/h1-4,18H,5-11H2,(H,17,19). The number of ether oxygens (including phenoxy) is 1. The topological polar surface area (TPSA) is 58.6 Å². The maximum atomic E-state index is 12.3. The number of nitrogens with one attached hydrogen (secondary N) is 1. The molecule has 1 aromatic carbocycles. The van der Waals surface area contributed by atoms with Gasteiger partial charge in [0.2, 0.25) is 0 Å². The molecular formula is C15H20BrNO3S. The zero-order chi connectivity index (χ0) is 15.1. The van der Waals surface area contributed by atoms with E-state index in [9.17, 15) is 4.79 Å². The van der Waals surface area contributed by atoms with Gasteiger partial charge in [0, 0.05) is 11.0 Å². The van der Waals surface area contributed by atoms with Gasteiger partial charge < -0.3 is 15.2 Å². The average Bonchev–Trinajstić information content (AvgIpc) is 2.52. The van der Waals surface area contributed by atoms with Gasteiger partial charge in [0.1, 0.15) is 0 Å². The Morgan fingerprint density at radius 2 is 2.10 bits per heavy atom. The first-order valence-corrected chi connectivity index (χ1v) is 8.97. The molecule has 0 atom stereocenters. The summed E-state index contributed by atoms with van der Waals surface area (Å²) in [6.45, 7) is 0.802. The minimum absolute atomic E-state index is 0.00702. The van der Waals surface area contributed by atoms with Crippen LogP contribution in [0.2, 0.25) is 0 Å².